The normalized spacial score (nSPS) is 27.2. The summed E-state index contributed by atoms with van der Waals surface area (Å²) < 4.78 is 12.5. The molecule has 1 rings (SSSR count). The Morgan fingerprint density at radius 3 is 2.89 bits per heavy atom. The van der Waals surface area contributed by atoms with E-state index in [0.717, 1.165) is 0 Å². The van der Waals surface area contributed by atoms with Crippen LogP contribution in [-0.4, -0.2) is 11.2 Å². The molecular weight excluding hydrogens is 119 g/mol. The quantitative estimate of drug-likeness (QED) is 0.524. The maximum atomic E-state index is 12.5. The third-order valence-electron chi connectivity index (χ3n) is 1.50. The molecule has 1 atom stereocenters. The Balaban J connectivity index is 2.83. The van der Waals surface area contributed by atoms with Crippen LogP contribution in [0.2, 0.25) is 0 Å². The number of allylic oxidation sites excluding steroid dienone is 2. The van der Waals surface area contributed by atoms with Gasteiger partial charge in [-0.25, -0.2) is 4.39 Å². The van der Waals surface area contributed by atoms with Crippen LogP contribution in [0.15, 0.2) is 23.6 Å². The number of halogens is 1. The van der Waals surface area contributed by atoms with Crippen molar-refractivity contribution in [3.63, 3.8) is 0 Å². The van der Waals surface area contributed by atoms with Crippen LogP contribution in [0.5, 0.6) is 0 Å². The lowest BCUT2D eigenvalue weighted by Crippen LogP contribution is -2.10. The summed E-state index contributed by atoms with van der Waals surface area (Å²) in [6.45, 7) is 1.60. The molecule has 0 aromatic rings. The van der Waals surface area contributed by atoms with Crippen molar-refractivity contribution in [2.45, 2.75) is 19.4 Å². The first kappa shape index (κ1) is 6.49. The van der Waals surface area contributed by atoms with Crippen LogP contribution in [0.25, 0.3) is 0 Å². The van der Waals surface area contributed by atoms with Crippen LogP contribution in [0.1, 0.15) is 13.3 Å². The zero-order valence-corrected chi connectivity index (χ0v) is 5.26. The monoisotopic (exact) mass is 128 g/mol. The fourth-order valence-electron chi connectivity index (χ4n) is 0.768. The molecule has 0 heterocycles. The summed E-state index contributed by atoms with van der Waals surface area (Å²) in [4.78, 5) is 0. The van der Waals surface area contributed by atoms with Crippen molar-refractivity contribution in [1.82, 2.24) is 0 Å². The second kappa shape index (κ2) is 2.31. The van der Waals surface area contributed by atoms with E-state index in [1.807, 2.05) is 0 Å². The van der Waals surface area contributed by atoms with E-state index in [-0.39, 0.29) is 5.83 Å². The maximum absolute atomic E-state index is 12.5. The first-order valence-electron chi connectivity index (χ1n) is 2.92. The van der Waals surface area contributed by atoms with Crippen molar-refractivity contribution in [3.05, 3.63) is 23.6 Å². The highest BCUT2D eigenvalue weighted by Gasteiger charge is 2.11. The SMILES string of the molecule is CC1=C(F)C=CCC1O. The van der Waals surface area contributed by atoms with Crippen molar-refractivity contribution < 1.29 is 9.50 Å². The Morgan fingerprint density at radius 2 is 2.44 bits per heavy atom. The van der Waals surface area contributed by atoms with E-state index in [1.54, 1.807) is 13.0 Å². The van der Waals surface area contributed by atoms with Gasteiger partial charge in [0.05, 0.1) is 6.10 Å². The van der Waals surface area contributed by atoms with Crippen molar-refractivity contribution in [2.24, 2.45) is 0 Å². The highest BCUT2D eigenvalue weighted by atomic mass is 19.1. The molecule has 0 amide bonds. The highest BCUT2D eigenvalue weighted by Crippen LogP contribution is 2.19. The van der Waals surface area contributed by atoms with Gasteiger partial charge in [-0.15, -0.1) is 0 Å². The van der Waals surface area contributed by atoms with Crippen LogP contribution in [0.3, 0.4) is 0 Å². The molecule has 0 spiro atoms. The van der Waals surface area contributed by atoms with E-state index in [0.29, 0.717) is 12.0 Å². The van der Waals surface area contributed by atoms with Crippen LogP contribution in [0, 0.1) is 0 Å². The van der Waals surface area contributed by atoms with Gasteiger partial charge in [-0.2, -0.15) is 0 Å². The van der Waals surface area contributed by atoms with E-state index < -0.39 is 6.10 Å². The van der Waals surface area contributed by atoms with Gasteiger partial charge < -0.3 is 5.11 Å². The molecule has 1 aliphatic rings. The average molecular weight is 128 g/mol. The van der Waals surface area contributed by atoms with Crippen molar-refractivity contribution in [3.8, 4) is 0 Å². The molecule has 1 aliphatic carbocycles. The lowest BCUT2D eigenvalue weighted by atomic mass is 10.0. The largest absolute Gasteiger partial charge is 0.388 e. The first-order chi connectivity index (χ1) is 4.22. The summed E-state index contributed by atoms with van der Waals surface area (Å²) in [6, 6.07) is 0. The molecular formula is C7H9FO. The van der Waals surface area contributed by atoms with Crippen LogP contribution in [0.4, 0.5) is 4.39 Å². The second-order valence-electron chi connectivity index (χ2n) is 2.18. The molecule has 1 N–H and O–H groups in total. The standard InChI is InChI=1S/C7H9FO/c1-5-6(8)3-2-4-7(5)9/h2-3,7,9H,4H2,1H3. The molecule has 0 aliphatic heterocycles. The molecule has 1 nitrogen and oxygen atoms in total. The van der Waals surface area contributed by atoms with Gasteiger partial charge in [-0.05, 0) is 25.0 Å². The molecule has 0 bridgehead atoms. The van der Waals surface area contributed by atoms with Crippen LogP contribution < -0.4 is 0 Å². The van der Waals surface area contributed by atoms with Gasteiger partial charge in [-0.3, -0.25) is 0 Å². The Labute approximate surface area is 53.5 Å². The van der Waals surface area contributed by atoms with Crippen molar-refractivity contribution >= 4 is 0 Å². The van der Waals surface area contributed by atoms with Crippen LogP contribution in [-0.2, 0) is 0 Å². The van der Waals surface area contributed by atoms with Gasteiger partial charge in [0, 0.05) is 0 Å². The second-order valence-corrected chi connectivity index (χ2v) is 2.18. The Bertz CT molecular complexity index is 170. The van der Waals surface area contributed by atoms with Gasteiger partial charge in [-0.1, -0.05) is 6.08 Å². The number of rotatable bonds is 0. The summed E-state index contributed by atoms with van der Waals surface area (Å²) in [7, 11) is 0. The van der Waals surface area contributed by atoms with Crippen molar-refractivity contribution in [1.29, 1.82) is 0 Å². The maximum Gasteiger partial charge on any atom is 0.124 e. The Kier molecular flexibility index (Phi) is 1.67. The third-order valence-corrected chi connectivity index (χ3v) is 1.50. The minimum atomic E-state index is -0.602. The average Bonchev–Trinajstić information content (AvgIpc) is 1.83. The molecule has 0 aromatic carbocycles. The molecule has 50 valence electrons. The molecule has 0 saturated heterocycles. The lowest BCUT2D eigenvalue weighted by Gasteiger charge is -2.12. The van der Waals surface area contributed by atoms with Gasteiger partial charge >= 0.3 is 0 Å². The summed E-state index contributed by atoms with van der Waals surface area (Å²) in [5.41, 5.74) is 0.442. The molecule has 0 radical (unpaired) electrons. The molecule has 1 unspecified atom stereocenters. The number of aliphatic hydroxyl groups excluding tert-OH is 1. The van der Waals surface area contributed by atoms with E-state index in [9.17, 15) is 4.39 Å². The summed E-state index contributed by atoms with van der Waals surface area (Å²) in [5, 5.41) is 9.00. The van der Waals surface area contributed by atoms with E-state index >= 15 is 0 Å². The minimum absolute atomic E-state index is 0.297. The third kappa shape index (κ3) is 1.19. The molecule has 0 aromatic heterocycles. The topological polar surface area (TPSA) is 20.2 Å². The zero-order valence-electron chi connectivity index (χ0n) is 5.26. The minimum Gasteiger partial charge on any atom is -0.388 e. The summed E-state index contributed by atoms with van der Waals surface area (Å²) in [6.07, 6.45) is 2.96. The molecule has 0 saturated carbocycles. The Morgan fingerprint density at radius 1 is 1.78 bits per heavy atom. The van der Waals surface area contributed by atoms with E-state index in [4.69, 9.17) is 5.11 Å². The molecule has 9 heavy (non-hydrogen) atoms. The van der Waals surface area contributed by atoms with Gasteiger partial charge in [0.15, 0.2) is 0 Å². The predicted octanol–water partition coefficient (Wildman–Crippen LogP) is 1.55. The summed E-state index contributed by atoms with van der Waals surface area (Å²) >= 11 is 0. The lowest BCUT2D eigenvalue weighted by molar-refractivity contribution is 0.208. The fourth-order valence-corrected chi connectivity index (χ4v) is 0.768. The smallest absolute Gasteiger partial charge is 0.124 e. The van der Waals surface area contributed by atoms with Gasteiger partial charge in [0.1, 0.15) is 5.83 Å². The molecule has 2 heteroatoms. The first-order valence-corrected chi connectivity index (χ1v) is 2.92. The van der Waals surface area contributed by atoms with E-state index in [1.165, 1.54) is 6.08 Å². The molecule has 0 fully saturated rings. The van der Waals surface area contributed by atoms with Crippen molar-refractivity contribution in [2.75, 3.05) is 0 Å². The number of aliphatic hydroxyl groups is 1. The van der Waals surface area contributed by atoms with Gasteiger partial charge in [0.2, 0.25) is 0 Å². The van der Waals surface area contributed by atoms with E-state index in [2.05, 4.69) is 0 Å². The highest BCUT2D eigenvalue weighted by molar-refractivity contribution is 5.25. The fraction of sp³-hybridized carbons (Fsp3) is 0.429. The predicted molar refractivity (Wildman–Crippen MR) is 33.6 cm³/mol. The zero-order chi connectivity index (χ0) is 6.85. The summed E-state index contributed by atoms with van der Waals surface area (Å²) in [5.74, 6) is -0.297. The number of hydrogen-bond acceptors (Lipinski definition) is 1. The number of hydrogen-bond donors (Lipinski definition) is 1. The van der Waals surface area contributed by atoms with Crippen LogP contribution >= 0.6 is 0 Å². The Hall–Kier alpha value is -0.630. The van der Waals surface area contributed by atoms with Gasteiger partial charge in [0.25, 0.3) is 0 Å².